The van der Waals surface area contributed by atoms with E-state index in [1.807, 2.05) is 30.3 Å². The average Bonchev–Trinajstić information content (AvgIpc) is 2.94. The molecular formula is C29H34O6. The van der Waals surface area contributed by atoms with E-state index in [-0.39, 0.29) is 42.0 Å². The summed E-state index contributed by atoms with van der Waals surface area (Å²) in [5.41, 5.74) is -1.06. The summed E-state index contributed by atoms with van der Waals surface area (Å²) in [5.74, 6) is -3.84. The Morgan fingerprint density at radius 2 is 1.97 bits per heavy atom. The van der Waals surface area contributed by atoms with Crippen molar-refractivity contribution < 1.29 is 29.3 Å². The number of aliphatic hydroxyl groups is 2. The van der Waals surface area contributed by atoms with Crippen LogP contribution in [-0.2, 0) is 25.5 Å². The summed E-state index contributed by atoms with van der Waals surface area (Å²) in [6.45, 7) is 8.51. The second kappa shape index (κ2) is 7.37. The fourth-order valence-corrected chi connectivity index (χ4v) is 8.64. The van der Waals surface area contributed by atoms with Crippen LogP contribution in [0.1, 0.15) is 45.1 Å². The van der Waals surface area contributed by atoms with Crippen LogP contribution in [-0.4, -0.2) is 46.6 Å². The first-order chi connectivity index (χ1) is 16.6. The first kappa shape index (κ1) is 23.1. The van der Waals surface area contributed by atoms with E-state index >= 15 is 0 Å². The maximum atomic E-state index is 14.0. The summed E-state index contributed by atoms with van der Waals surface area (Å²) >= 11 is 0. The van der Waals surface area contributed by atoms with Crippen LogP contribution in [0.3, 0.4) is 0 Å². The Kier molecular flexibility index (Phi) is 4.87. The summed E-state index contributed by atoms with van der Waals surface area (Å²) < 4.78 is 12.2. The molecule has 1 aromatic rings. The van der Waals surface area contributed by atoms with Gasteiger partial charge in [-0.2, -0.15) is 0 Å². The molecule has 2 N–H and O–H groups in total. The molecule has 4 aliphatic carbocycles. The number of ketones is 1. The van der Waals surface area contributed by atoms with Gasteiger partial charge >= 0.3 is 5.97 Å². The molecule has 5 fully saturated rings. The largest absolute Gasteiger partial charge is 0.460 e. The number of esters is 1. The van der Waals surface area contributed by atoms with Gasteiger partial charge in [0.2, 0.25) is 5.79 Å². The number of allylic oxidation sites excluding steroid dienone is 1. The molecule has 3 saturated carbocycles. The second-order valence-electron chi connectivity index (χ2n) is 12.0. The van der Waals surface area contributed by atoms with Crippen LogP contribution in [0.15, 0.2) is 54.6 Å². The van der Waals surface area contributed by atoms with Gasteiger partial charge in [0.25, 0.3) is 0 Å². The van der Waals surface area contributed by atoms with Crippen molar-refractivity contribution in [2.75, 3.05) is 6.61 Å². The number of carbonyl (C=O) groups is 2. The van der Waals surface area contributed by atoms with Gasteiger partial charge in [0.05, 0.1) is 6.61 Å². The molecule has 7 rings (SSSR count). The Balaban J connectivity index is 1.41. The minimum atomic E-state index is -2.13. The number of carbonyl (C=O) groups excluding carboxylic acids is 2. The fourth-order valence-electron chi connectivity index (χ4n) is 8.64. The van der Waals surface area contributed by atoms with Crippen molar-refractivity contribution in [2.45, 2.75) is 63.9 Å². The zero-order valence-corrected chi connectivity index (χ0v) is 20.4. The van der Waals surface area contributed by atoms with Crippen LogP contribution < -0.4 is 0 Å². The third kappa shape index (κ3) is 2.71. The van der Waals surface area contributed by atoms with E-state index in [2.05, 4.69) is 32.6 Å². The number of ether oxygens (including phenoxy) is 2. The lowest BCUT2D eigenvalue weighted by atomic mass is 9.37. The number of aryl methyl sites for hydroxylation is 1. The Morgan fingerprint density at radius 1 is 1.23 bits per heavy atom. The number of Topliss-reactive ketones (excluding diaryl/α,β-unsaturated/α-hetero) is 1. The number of hydrogen-bond donors (Lipinski definition) is 2. The molecule has 186 valence electrons. The van der Waals surface area contributed by atoms with E-state index in [4.69, 9.17) is 9.47 Å². The van der Waals surface area contributed by atoms with Gasteiger partial charge in [0.1, 0.15) is 17.6 Å². The van der Waals surface area contributed by atoms with Crippen LogP contribution in [0.4, 0.5) is 0 Å². The van der Waals surface area contributed by atoms with Crippen molar-refractivity contribution in [3.8, 4) is 0 Å². The van der Waals surface area contributed by atoms with Crippen LogP contribution in [0.25, 0.3) is 0 Å². The molecule has 0 unspecified atom stereocenters. The lowest BCUT2D eigenvalue weighted by molar-refractivity contribution is -0.436. The molecule has 6 nitrogen and oxygen atoms in total. The molecule has 2 spiro atoms. The van der Waals surface area contributed by atoms with E-state index in [0.29, 0.717) is 24.8 Å². The van der Waals surface area contributed by atoms with Crippen LogP contribution in [0.5, 0.6) is 0 Å². The normalized spacial score (nSPS) is 44.6. The van der Waals surface area contributed by atoms with Gasteiger partial charge < -0.3 is 19.7 Å². The van der Waals surface area contributed by atoms with Crippen molar-refractivity contribution in [3.05, 3.63) is 60.2 Å². The lowest BCUT2D eigenvalue weighted by Gasteiger charge is -2.72. The minimum absolute atomic E-state index is 0.164. The molecule has 8 atom stereocenters. The van der Waals surface area contributed by atoms with Crippen molar-refractivity contribution in [1.82, 2.24) is 0 Å². The van der Waals surface area contributed by atoms with Crippen molar-refractivity contribution in [3.63, 3.8) is 0 Å². The Bertz CT molecular complexity index is 1120. The summed E-state index contributed by atoms with van der Waals surface area (Å²) in [7, 11) is 0. The molecule has 1 aromatic carbocycles. The molecule has 6 aliphatic rings. The highest BCUT2D eigenvalue weighted by molar-refractivity contribution is 6.05. The second-order valence-corrected chi connectivity index (χ2v) is 12.0. The van der Waals surface area contributed by atoms with Crippen molar-refractivity contribution >= 4 is 11.8 Å². The summed E-state index contributed by atoms with van der Waals surface area (Å²) in [6.07, 6.45) is 4.84. The Hall–Kier alpha value is -2.28. The summed E-state index contributed by atoms with van der Waals surface area (Å²) in [6, 6.07) is 9.70. The quantitative estimate of drug-likeness (QED) is 0.392. The molecule has 4 bridgehead atoms. The van der Waals surface area contributed by atoms with Gasteiger partial charge in [-0.15, -0.1) is 0 Å². The number of aliphatic hydroxyl groups excluding tert-OH is 1. The van der Waals surface area contributed by atoms with Gasteiger partial charge in [-0.3, -0.25) is 9.59 Å². The molecule has 0 radical (unpaired) electrons. The molecule has 35 heavy (non-hydrogen) atoms. The van der Waals surface area contributed by atoms with Crippen LogP contribution in [0, 0.1) is 34.0 Å². The predicted octanol–water partition coefficient (Wildman–Crippen LogP) is 3.36. The third-order valence-electron chi connectivity index (χ3n) is 9.96. The topological polar surface area (TPSA) is 93.1 Å². The van der Waals surface area contributed by atoms with Gasteiger partial charge in [-0.05, 0) is 48.2 Å². The van der Waals surface area contributed by atoms with E-state index in [9.17, 15) is 19.8 Å². The van der Waals surface area contributed by atoms with E-state index in [1.54, 1.807) is 0 Å². The van der Waals surface area contributed by atoms with Crippen molar-refractivity contribution in [1.29, 1.82) is 0 Å². The van der Waals surface area contributed by atoms with Gasteiger partial charge in [-0.1, -0.05) is 62.9 Å². The lowest BCUT2D eigenvalue weighted by Crippen LogP contribution is -2.83. The van der Waals surface area contributed by atoms with Crippen LogP contribution in [0.2, 0.25) is 0 Å². The average molecular weight is 479 g/mol. The molecule has 0 aromatic heterocycles. The van der Waals surface area contributed by atoms with Gasteiger partial charge in [-0.25, -0.2) is 0 Å². The maximum absolute atomic E-state index is 14.0. The van der Waals surface area contributed by atoms with Gasteiger partial charge in [0, 0.05) is 23.7 Å². The Labute approximate surface area is 206 Å². The van der Waals surface area contributed by atoms with E-state index < -0.39 is 34.8 Å². The number of rotatable bonds is 4. The summed E-state index contributed by atoms with van der Waals surface area (Å²) in [5, 5.41) is 23.9. The molecule has 6 heteroatoms. The van der Waals surface area contributed by atoms with E-state index in [0.717, 1.165) is 12.0 Å². The number of fused-ring (bicyclic) bond motifs is 2. The maximum Gasteiger partial charge on any atom is 0.306 e. The minimum Gasteiger partial charge on any atom is -0.460 e. The van der Waals surface area contributed by atoms with E-state index in [1.165, 1.54) is 0 Å². The zero-order chi connectivity index (χ0) is 24.8. The highest BCUT2D eigenvalue weighted by Gasteiger charge is 2.86. The smallest absolute Gasteiger partial charge is 0.306 e. The van der Waals surface area contributed by atoms with Gasteiger partial charge in [0.15, 0.2) is 5.78 Å². The number of hydrogen-bond acceptors (Lipinski definition) is 6. The molecular weight excluding hydrogens is 444 g/mol. The van der Waals surface area contributed by atoms with Crippen molar-refractivity contribution in [2.24, 2.45) is 34.0 Å². The SMILES string of the molecule is C=C1C(=O)[C@]23[C@H](OC(=O)CCc4ccccc4)[C@H]1CC[C@H]2[C@]12C=CCC(C)(C)[C@H]1[C@H](O)[C@@]3(O)OC2. The highest BCUT2D eigenvalue weighted by Crippen LogP contribution is 2.75. The predicted molar refractivity (Wildman–Crippen MR) is 128 cm³/mol. The molecule has 0 amide bonds. The fraction of sp³-hybridized carbons (Fsp3) is 0.586. The van der Waals surface area contributed by atoms with Crippen LogP contribution >= 0.6 is 0 Å². The first-order valence-corrected chi connectivity index (χ1v) is 12.8. The monoisotopic (exact) mass is 478 g/mol. The molecule has 2 heterocycles. The zero-order valence-electron chi connectivity index (χ0n) is 20.4. The summed E-state index contributed by atoms with van der Waals surface area (Å²) in [4.78, 5) is 27.1. The third-order valence-corrected chi connectivity index (χ3v) is 9.96. The number of benzene rings is 1. The molecule has 2 aliphatic heterocycles. The Morgan fingerprint density at radius 3 is 2.71 bits per heavy atom. The highest BCUT2D eigenvalue weighted by atomic mass is 16.6. The first-order valence-electron chi connectivity index (χ1n) is 12.8. The molecule has 2 saturated heterocycles. The standard InChI is InChI=1S/C29H34O6/c1-17-19-11-12-20-27-15-7-14-26(2,3)22(27)24(32)29(33,34-16-27)28(20,23(17)31)25(19)35-21(30)13-10-18-8-5-4-6-9-18/h4-9,15,19-20,22,24-25,32-33H,1,10-14,16H2,2-3H3/t19-,20-,22+,24-,25+,27+,28-,29+/m0/s1.